The lowest BCUT2D eigenvalue weighted by Crippen LogP contribution is -2.47. The topological polar surface area (TPSA) is 187 Å². The van der Waals surface area contributed by atoms with Gasteiger partial charge in [0.05, 0.1) is 16.7 Å². The standard InChI is InChI=1S/C38H45N9O6S/c1-25-9-10-26(2)46(25)36-20-12-29(23-39-36)33(48)24-40-41-37(49)35-18-11-28-22-32(17-19-34(28)53-35)54(51,52)42-30-13-15-31(16-14-30)47-38(50)45(43-44-47)21-5-8-27-6-3-4-7-27/h9-10,12-17,19-20,22-23,27,33,35,40,42,48H,3-8,11,18,21,24H2,1-2H3,(H,41,49)/t33-,35-/m0/s1. The number of amides is 1. The van der Waals surface area contributed by atoms with Gasteiger partial charge >= 0.3 is 5.69 Å². The Bertz CT molecular complexity index is 2240. The zero-order chi connectivity index (χ0) is 37.8. The van der Waals surface area contributed by atoms with Crippen molar-refractivity contribution >= 4 is 21.6 Å². The van der Waals surface area contributed by atoms with Gasteiger partial charge in [0.1, 0.15) is 11.6 Å². The van der Waals surface area contributed by atoms with Crippen LogP contribution in [0.2, 0.25) is 0 Å². The molecule has 1 saturated carbocycles. The van der Waals surface area contributed by atoms with E-state index in [0.717, 1.165) is 36.0 Å². The number of sulfonamides is 1. The first-order valence-corrected chi connectivity index (χ1v) is 19.8. The van der Waals surface area contributed by atoms with Crippen LogP contribution in [0.25, 0.3) is 11.5 Å². The number of benzene rings is 2. The molecule has 0 radical (unpaired) electrons. The van der Waals surface area contributed by atoms with Crippen molar-refractivity contribution < 1.29 is 23.1 Å². The lowest BCUT2D eigenvalue weighted by atomic mass is 10.0. The Labute approximate surface area is 313 Å². The molecule has 54 heavy (non-hydrogen) atoms. The first-order chi connectivity index (χ1) is 26.1. The van der Waals surface area contributed by atoms with E-state index in [1.165, 1.54) is 47.2 Å². The smallest absolute Gasteiger partial charge is 0.368 e. The van der Waals surface area contributed by atoms with E-state index < -0.39 is 28.1 Å². The summed E-state index contributed by atoms with van der Waals surface area (Å²) in [5.74, 6) is 1.50. The molecule has 0 saturated heterocycles. The molecular weight excluding hydrogens is 711 g/mol. The van der Waals surface area contributed by atoms with Crippen LogP contribution in [0.5, 0.6) is 5.75 Å². The zero-order valence-corrected chi connectivity index (χ0v) is 31.1. The highest BCUT2D eigenvalue weighted by Crippen LogP contribution is 2.31. The largest absolute Gasteiger partial charge is 0.480 e. The van der Waals surface area contributed by atoms with Gasteiger partial charge < -0.3 is 14.4 Å². The predicted octanol–water partition coefficient (Wildman–Crippen LogP) is 4.05. The zero-order valence-electron chi connectivity index (χ0n) is 30.3. The molecule has 284 valence electrons. The predicted molar refractivity (Wildman–Crippen MR) is 201 cm³/mol. The van der Waals surface area contributed by atoms with Gasteiger partial charge in [0, 0.05) is 41.9 Å². The van der Waals surface area contributed by atoms with E-state index in [0.29, 0.717) is 47.6 Å². The lowest BCUT2D eigenvalue weighted by molar-refractivity contribution is -0.129. The summed E-state index contributed by atoms with van der Waals surface area (Å²) in [6.07, 6.45) is 7.70. The second-order valence-electron chi connectivity index (χ2n) is 14.0. The van der Waals surface area contributed by atoms with Gasteiger partial charge in [0.15, 0.2) is 6.10 Å². The number of pyridine rings is 1. The fourth-order valence-corrected chi connectivity index (χ4v) is 8.31. The number of hydrazine groups is 1. The highest BCUT2D eigenvalue weighted by molar-refractivity contribution is 7.92. The highest BCUT2D eigenvalue weighted by atomic mass is 32.2. The number of nitrogens with one attached hydrogen (secondary N) is 3. The second-order valence-corrected chi connectivity index (χ2v) is 15.7. The molecule has 1 aliphatic carbocycles. The van der Waals surface area contributed by atoms with Crippen LogP contribution in [0.3, 0.4) is 0 Å². The molecule has 2 aliphatic rings. The maximum absolute atomic E-state index is 13.3. The summed E-state index contributed by atoms with van der Waals surface area (Å²) in [7, 11) is -3.96. The number of tetrazole rings is 1. The molecule has 7 rings (SSSR count). The monoisotopic (exact) mass is 755 g/mol. The number of hydrogen-bond donors (Lipinski definition) is 4. The molecule has 1 aliphatic heterocycles. The third kappa shape index (κ3) is 8.25. The quantitative estimate of drug-likeness (QED) is 0.121. The molecule has 0 bridgehead atoms. The van der Waals surface area contributed by atoms with Crippen molar-refractivity contribution in [2.45, 2.75) is 88.9 Å². The number of aromatic nitrogens is 6. The van der Waals surface area contributed by atoms with Crippen molar-refractivity contribution in [3.8, 4) is 17.3 Å². The SMILES string of the molecule is Cc1ccc(C)n1-c1ccc([C@@H](O)CNNC(=O)[C@@H]2CCc3cc(S(=O)(=O)Nc4ccc(-n5nnn(CCCC6CCCC6)c5=O)cc4)ccc3O2)cn1. The van der Waals surface area contributed by atoms with Gasteiger partial charge in [-0.3, -0.25) is 14.9 Å². The molecule has 4 heterocycles. The molecule has 0 spiro atoms. The van der Waals surface area contributed by atoms with E-state index >= 15 is 0 Å². The maximum atomic E-state index is 13.3. The van der Waals surface area contributed by atoms with Crippen LogP contribution in [-0.2, 0) is 27.8 Å². The molecule has 0 unspecified atom stereocenters. The van der Waals surface area contributed by atoms with Crippen LogP contribution < -0.4 is 26.0 Å². The number of anilines is 1. The number of fused-ring (bicyclic) bond motifs is 1. The summed E-state index contributed by atoms with van der Waals surface area (Å²) in [6.45, 7) is 4.57. The number of ether oxygens (including phenoxy) is 1. The number of nitrogens with zero attached hydrogens (tertiary/aromatic N) is 6. The molecule has 5 aromatic rings. The van der Waals surface area contributed by atoms with E-state index in [2.05, 4.69) is 31.0 Å². The minimum absolute atomic E-state index is 0.0467. The van der Waals surface area contributed by atoms with Gasteiger partial charge in [-0.1, -0.05) is 31.7 Å². The Balaban J connectivity index is 0.891. The number of aliphatic hydroxyl groups is 1. The molecule has 2 aromatic carbocycles. The molecule has 15 nitrogen and oxygen atoms in total. The van der Waals surface area contributed by atoms with Gasteiger partial charge in [-0.05, 0) is 122 Å². The summed E-state index contributed by atoms with van der Waals surface area (Å²) < 4.78 is 39.7. The molecule has 16 heteroatoms. The summed E-state index contributed by atoms with van der Waals surface area (Å²) in [6, 6.07) is 18.5. The second kappa shape index (κ2) is 16.0. The van der Waals surface area contributed by atoms with Crippen molar-refractivity contribution in [1.82, 2.24) is 40.2 Å². The molecule has 1 fully saturated rings. The van der Waals surface area contributed by atoms with Crippen molar-refractivity contribution in [2.75, 3.05) is 11.3 Å². The highest BCUT2D eigenvalue weighted by Gasteiger charge is 2.28. The van der Waals surface area contributed by atoms with E-state index in [4.69, 9.17) is 4.74 Å². The average molecular weight is 756 g/mol. The summed E-state index contributed by atoms with van der Waals surface area (Å²) in [5.41, 5.74) is 9.20. The Morgan fingerprint density at radius 3 is 2.46 bits per heavy atom. The van der Waals surface area contributed by atoms with Crippen molar-refractivity contribution in [3.63, 3.8) is 0 Å². The van der Waals surface area contributed by atoms with Crippen LogP contribution in [-0.4, -0.2) is 61.4 Å². The van der Waals surface area contributed by atoms with Crippen molar-refractivity contribution in [1.29, 1.82) is 0 Å². The van der Waals surface area contributed by atoms with Crippen LogP contribution in [0, 0.1) is 19.8 Å². The lowest BCUT2D eigenvalue weighted by Gasteiger charge is -2.26. The van der Waals surface area contributed by atoms with Crippen molar-refractivity contribution in [2.24, 2.45) is 5.92 Å². The number of carbonyl (C=O) groups excluding carboxylic acids is 1. The first-order valence-electron chi connectivity index (χ1n) is 18.3. The van der Waals surface area contributed by atoms with Gasteiger partial charge in [-0.15, -0.1) is 0 Å². The average Bonchev–Trinajstić information content (AvgIpc) is 3.91. The number of aliphatic hydroxyl groups excluding tert-OH is 1. The molecule has 4 N–H and O–H groups in total. The molecular formula is C38H45N9O6S. The van der Waals surface area contributed by atoms with Crippen LogP contribution in [0.15, 0.2) is 82.6 Å². The van der Waals surface area contributed by atoms with Crippen LogP contribution in [0.1, 0.15) is 73.6 Å². The Hall–Kier alpha value is -5.32. The third-order valence-electron chi connectivity index (χ3n) is 10.2. The summed E-state index contributed by atoms with van der Waals surface area (Å²) >= 11 is 0. The number of hydrogen-bond acceptors (Lipinski definition) is 10. The molecule has 1 amide bonds. The van der Waals surface area contributed by atoms with E-state index in [9.17, 15) is 23.1 Å². The summed E-state index contributed by atoms with van der Waals surface area (Å²) in [5, 5.41) is 18.7. The number of aryl methyl sites for hydroxylation is 4. The number of rotatable bonds is 14. The van der Waals surface area contributed by atoms with E-state index in [-0.39, 0.29) is 17.1 Å². The Kier molecular flexibility index (Phi) is 10.9. The van der Waals surface area contributed by atoms with Crippen LogP contribution >= 0.6 is 0 Å². The normalized spacial score (nSPS) is 16.5. The maximum Gasteiger partial charge on any atom is 0.368 e. The fraction of sp³-hybridized carbons (Fsp3) is 0.395. The Morgan fingerprint density at radius 1 is 0.981 bits per heavy atom. The van der Waals surface area contributed by atoms with Crippen molar-refractivity contribution in [3.05, 3.63) is 106 Å². The minimum atomic E-state index is -3.96. The third-order valence-corrected chi connectivity index (χ3v) is 11.6. The van der Waals surface area contributed by atoms with E-state index in [1.54, 1.807) is 42.6 Å². The fourth-order valence-electron chi connectivity index (χ4n) is 7.20. The van der Waals surface area contributed by atoms with E-state index in [1.807, 2.05) is 36.6 Å². The van der Waals surface area contributed by atoms with Gasteiger partial charge in [-0.25, -0.2) is 23.6 Å². The van der Waals surface area contributed by atoms with Gasteiger partial charge in [0.25, 0.3) is 15.9 Å². The minimum Gasteiger partial charge on any atom is -0.480 e. The van der Waals surface area contributed by atoms with Gasteiger partial charge in [0.2, 0.25) is 0 Å². The summed E-state index contributed by atoms with van der Waals surface area (Å²) in [4.78, 5) is 30.3. The van der Waals surface area contributed by atoms with Crippen LogP contribution in [0.4, 0.5) is 5.69 Å². The molecule has 2 atom stereocenters. The first kappa shape index (κ1) is 37.0. The van der Waals surface area contributed by atoms with Gasteiger partial charge in [-0.2, -0.15) is 9.36 Å². The molecule has 3 aromatic heterocycles. The Morgan fingerprint density at radius 2 is 1.74 bits per heavy atom. The number of carbonyl (C=O) groups is 1.